The van der Waals surface area contributed by atoms with Crippen molar-refractivity contribution in [1.29, 1.82) is 0 Å². The molecule has 0 bridgehead atoms. The zero-order valence-corrected chi connectivity index (χ0v) is 14.6. The lowest BCUT2D eigenvalue weighted by Gasteiger charge is -2.28. The normalized spacial score (nSPS) is 11.8. The maximum atomic E-state index is 9.16. The van der Waals surface area contributed by atoms with Crippen LogP contribution in [0.4, 0.5) is 0 Å². The van der Waals surface area contributed by atoms with Crippen molar-refractivity contribution in [2.75, 3.05) is 0 Å². The van der Waals surface area contributed by atoms with Crippen molar-refractivity contribution in [2.24, 2.45) is 0 Å². The van der Waals surface area contributed by atoms with E-state index in [4.69, 9.17) is 9.84 Å². The van der Waals surface area contributed by atoms with Gasteiger partial charge >= 0.3 is 0 Å². The van der Waals surface area contributed by atoms with Crippen LogP contribution in [0, 0.1) is 0 Å². The van der Waals surface area contributed by atoms with Gasteiger partial charge in [-0.1, -0.05) is 38.1 Å². The van der Waals surface area contributed by atoms with Crippen LogP contribution in [0.3, 0.4) is 0 Å². The van der Waals surface area contributed by atoms with Crippen LogP contribution in [0.25, 0.3) is 22.2 Å². The van der Waals surface area contributed by atoms with E-state index in [9.17, 15) is 0 Å². The van der Waals surface area contributed by atoms with Crippen molar-refractivity contribution >= 4 is 10.9 Å². The minimum absolute atomic E-state index is 0.0707. The highest BCUT2D eigenvalue weighted by atomic mass is 16.5. The molecule has 0 saturated carbocycles. The van der Waals surface area contributed by atoms with Crippen LogP contribution in [0.15, 0.2) is 48.5 Å². The van der Waals surface area contributed by atoms with Gasteiger partial charge in [-0.3, -0.25) is 0 Å². The average molecular weight is 323 g/mol. The molecule has 126 valence electrons. The van der Waals surface area contributed by atoms with Gasteiger partial charge in [0, 0.05) is 16.6 Å². The smallest absolute Gasteiger partial charge is 0.120 e. The number of aromatic amines is 1. The number of fused-ring (bicyclic) bond motifs is 1. The van der Waals surface area contributed by atoms with Gasteiger partial charge in [0.05, 0.1) is 6.61 Å². The highest BCUT2D eigenvalue weighted by Gasteiger charge is 2.21. The molecule has 0 unspecified atom stereocenters. The number of aliphatic hydroxyl groups excluding tert-OH is 1. The molecule has 24 heavy (non-hydrogen) atoms. The first-order valence-electron chi connectivity index (χ1n) is 8.59. The zero-order chi connectivity index (χ0) is 17.2. The molecular weight excluding hydrogens is 298 g/mol. The third-order valence-corrected chi connectivity index (χ3v) is 4.90. The number of nitrogens with one attached hydrogen (secondary N) is 1. The van der Waals surface area contributed by atoms with Crippen LogP contribution < -0.4 is 4.74 Å². The lowest BCUT2D eigenvalue weighted by molar-refractivity contribution is 0.0805. The zero-order valence-electron chi connectivity index (χ0n) is 14.6. The predicted molar refractivity (Wildman–Crippen MR) is 99.3 cm³/mol. The van der Waals surface area contributed by atoms with E-state index in [0.717, 1.165) is 46.3 Å². The van der Waals surface area contributed by atoms with E-state index < -0.39 is 0 Å². The summed E-state index contributed by atoms with van der Waals surface area (Å²) in [6.07, 6.45) is 1.97. The lowest BCUT2D eigenvalue weighted by Crippen LogP contribution is -2.30. The molecule has 3 heteroatoms. The topological polar surface area (TPSA) is 45.2 Å². The number of ether oxygens (including phenoxy) is 1. The Kier molecular flexibility index (Phi) is 4.63. The number of hydrogen-bond acceptors (Lipinski definition) is 2. The average Bonchev–Trinajstić information content (AvgIpc) is 3.05. The third-order valence-electron chi connectivity index (χ3n) is 4.90. The maximum Gasteiger partial charge on any atom is 0.120 e. The van der Waals surface area contributed by atoms with Crippen LogP contribution in [0.2, 0.25) is 0 Å². The molecular formula is C21H25NO2. The van der Waals surface area contributed by atoms with Gasteiger partial charge in [0.15, 0.2) is 0 Å². The Morgan fingerprint density at radius 3 is 2.33 bits per heavy atom. The Hall–Kier alpha value is -2.26. The summed E-state index contributed by atoms with van der Waals surface area (Å²) >= 11 is 0. The molecule has 0 aliphatic rings. The largest absolute Gasteiger partial charge is 0.488 e. The first-order valence-corrected chi connectivity index (χ1v) is 8.59. The van der Waals surface area contributed by atoms with Crippen molar-refractivity contribution < 1.29 is 9.84 Å². The van der Waals surface area contributed by atoms with Gasteiger partial charge in [-0.2, -0.15) is 0 Å². The van der Waals surface area contributed by atoms with Gasteiger partial charge < -0.3 is 14.8 Å². The first kappa shape index (κ1) is 16.6. The number of benzene rings is 2. The summed E-state index contributed by atoms with van der Waals surface area (Å²) in [6, 6.07) is 16.3. The van der Waals surface area contributed by atoms with Gasteiger partial charge in [-0.15, -0.1) is 0 Å². The quantitative estimate of drug-likeness (QED) is 0.648. The summed E-state index contributed by atoms with van der Waals surface area (Å²) in [5.41, 5.74) is 4.08. The van der Waals surface area contributed by atoms with E-state index >= 15 is 0 Å². The summed E-state index contributed by atoms with van der Waals surface area (Å²) in [5, 5.41) is 10.3. The van der Waals surface area contributed by atoms with Crippen molar-refractivity contribution in [2.45, 2.75) is 45.8 Å². The van der Waals surface area contributed by atoms with Gasteiger partial charge in [-0.05, 0) is 55.2 Å². The molecule has 0 atom stereocenters. The molecule has 0 saturated heterocycles. The fourth-order valence-electron chi connectivity index (χ4n) is 2.80. The number of rotatable bonds is 6. The summed E-state index contributed by atoms with van der Waals surface area (Å²) in [6.45, 7) is 6.54. The molecule has 1 heterocycles. The Labute approximate surface area is 143 Å². The van der Waals surface area contributed by atoms with E-state index in [0.29, 0.717) is 0 Å². The van der Waals surface area contributed by atoms with Crippen LogP contribution in [0.5, 0.6) is 5.75 Å². The number of aromatic nitrogens is 1. The Bertz CT molecular complexity index is 813. The van der Waals surface area contributed by atoms with Crippen LogP contribution >= 0.6 is 0 Å². The number of aliphatic hydroxyl groups is 1. The molecule has 2 aromatic carbocycles. The van der Waals surface area contributed by atoms with E-state index in [1.165, 1.54) is 0 Å². The van der Waals surface area contributed by atoms with Crippen molar-refractivity contribution in [3.63, 3.8) is 0 Å². The minimum Gasteiger partial charge on any atom is -0.488 e. The molecule has 0 aliphatic carbocycles. The molecule has 0 aliphatic heterocycles. The first-order chi connectivity index (χ1) is 11.6. The summed E-state index contributed by atoms with van der Waals surface area (Å²) < 4.78 is 6.21. The van der Waals surface area contributed by atoms with Gasteiger partial charge in [-0.25, -0.2) is 0 Å². The van der Waals surface area contributed by atoms with Gasteiger partial charge in [0.2, 0.25) is 0 Å². The monoisotopic (exact) mass is 323 g/mol. The van der Waals surface area contributed by atoms with Crippen molar-refractivity contribution in [1.82, 2.24) is 4.98 Å². The summed E-state index contributed by atoms with van der Waals surface area (Å²) in [7, 11) is 0. The third kappa shape index (κ3) is 3.31. The maximum absolute atomic E-state index is 9.16. The SMILES string of the molecule is CCC(C)(CC)Oc1ccc2[nH]c(-c3ccc(CO)cc3)cc2c1. The van der Waals surface area contributed by atoms with Crippen LogP contribution in [0.1, 0.15) is 39.2 Å². The van der Waals surface area contributed by atoms with Crippen LogP contribution in [-0.2, 0) is 6.61 Å². The molecule has 3 aromatic rings. The molecule has 1 aromatic heterocycles. The predicted octanol–water partition coefficient (Wildman–Crippen LogP) is 5.28. The Morgan fingerprint density at radius 2 is 1.71 bits per heavy atom. The fourth-order valence-corrected chi connectivity index (χ4v) is 2.80. The van der Waals surface area contributed by atoms with E-state index in [1.54, 1.807) is 0 Å². The number of hydrogen-bond donors (Lipinski definition) is 2. The second kappa shape index (κ2) is 6.70. The molecule has 0 spiro atoms. The summed E-state index contributed by atoms with van der Waals surface area (Å²) in [5.74, 6) is 0.912. The van der Waals surface area contributed by atoms with E-state index in [-0.39, 0.29) is 12.2 Å². The van der Waals surface area contributed by atoms with Crippen LogP contribution in [-0.4, -0.2) is 15.7 Å². The number of H-pyrrole nitrogens is 1. The van der Waals surface area contributed by atoms with Gasteiger partial charge in [0.1, 0.15) is 11.4 Å². The molecule has 3 nitrogen and oxygen atoms in total. The Balaban J connectivity index is 1.91. The highest BCUT2D eigenvalue weighted by molar-refractivity contribution is 5.87. The fraction of sp³-hybridized carbons (Fsp3) is 0.333. The standard InChI is InChI=1S/C21H25NO2/c1-4-21(3,5-2)24-18-10-11-19-17(12-18)13-20(22-19)16-8-6-15(14-23)7-9-16/h6-13,22-23H,4-5,14H2,1-3H3. The Morgan fingerprint density at radius 1 is 1.00 bits per heavy atom. The lowest BCUT2D eigenvalue weighted by atomic mass is 10.00. The highest BCUT2D eigenvalue weighted by Crippen LogP contribution is 2.30. The molecule has 0 fully saturated rings. The second-order valence-electron chi connectivity index (χ2n) is 6.55. The van der Waals surface area contributed by atoms with E-state index in [1.807, 2.05) is 30.3 Å². The van der Waals surface area contributed by atoms with Gasteiger partial charge in [0.25, 0.3) is 0 Å². The molecule has 0 radical (unpaired) electrons. The molecule has 2 N–H and O–H groups in total. The molecule has 0 amide bonds. The van der Waals surface area contributed by atoms with Crippen molar-refractivity contribution in [3.05, 3.63) is 54.1 Å². The van der Waals surface area contributed by atoms with Crippen molar-refractivity contribution in [3.8, 4) is 17.0 Å². The summed E-state index contributed by atoms with van der Waals surface area (Å²) in [4.78, 5) is 3.45. The second-order valence-corrected chi connectivity index (χ2v) is 6.55. The molecule has 3 rings (SSSR count). The van der Waals surface area contributed by atoms with E-state index in [2.05, 4.69) is 44.0 Å². The minimum atomic E-state index is -0.118.